The standard InChI is InChI=1S/C25H37N5O2/c1-3-27-21-14-18(22(31)28-20-11-7-8-12-20)13-19(15-21)23-29-30-24(32-23)25(2,26)16-17-9-5-4-6-10-17/h4-6,9-10,18-21,27H,3,7-8,11-16,26H2,1-2H3,(H,28,31)/t18?,19?,21?,25-/m1/s1. The molecule has 0 radical (unpaired) electrons. The van der Waals surface area contributed by atoms with Crippen LogP contribution in [-0.2, 0) is 16.8 Å². The van der Waals surface area contributed by atoms with Gasteiger partial charge in [0.2, 0.25) is 17.7 Å². The zero-order valence-electron chi connectivity index (χ0n) is 19.3. The van der Waals surface area contributed by atoms with Crippen LogP contribution in [-0.4, -0.2) is 34.7 Å². The molecule has 0 spiro atoms. The molecule has 0 aliphatic heterocycles. The van der Waals surface area contributed by atoms with Crippen molar-refractivity contribution in [3.8, 4) is 0 Å². The fourth-order valence-electron chi connectivity index (χ4n) is 5.31. The Kier molecular flexibility index (Phi) is 7.26. The topological polar surface area (TPSA) is 106 Å². The number of amides is 1. The fourth-order valence-corrected chi connectivity index (χ4v) is 5.31. The first-order valence-electron chi connectivity index (χ1n) is 12.1. The molecule has 2 saturated carbocycles. The molecule has 2 fully saturated rings. The number of nitrogens with two attached hydrogens (primary N) is 1. The monoisotopic (exact) mass is 439 g/mol. The molecular formula is C25H37N5O2. The summed E-state index contributed by atoms with van der Waals surface area (Å²) < 4.78 is 6.14. The van der Waals surface area contributed by atoms with Gasteiger partial charge in [-0.25, -0.2) is 0 Å². The normalized spacial score (nSPS) is 26.0. The van der Waals surface area contributed by atoms with Crippen LogP contribution in [0.5, 0.6) is 0 Å². The molecule has 2 aromatic rings. The van der Waals surface area contributed by atoms with E-state index in [1.807, 2.05) is 25.1 Å². The highest BCUT2D eigenvalue weighted by Gasteiger charge is 2.38. The molecule has 7 nitrogen and oxygen atoms in total. The highest BCUT2D eigenvalue weighted by Crippen LogP contribution is 2.37. The molecule has 32 heavy (non-hydrogen) atoms. The van der Waals surface area contributed by atoms with Gasteiger partial charge < -0.3 is 20.8 Å². The van der Waals surface area contributed by atoms with E-state index >= 15 is 0 Å². The molecule has 2 aliphatic carbocycles. The van der Waals surface area contributed by atoms with Gasteiger partial charge >= 0.3 is 0 Å². The maximum Gasteiger partial charge on any atom is 0.236 e. The third-order valence-corrected chi connectivity index (χ3v) is 6.96. The lowest BCUT2D eigenvalue weighted by molar-refractivity contribution is -0.127. The van der Waals surface area contributed by atoms with Crippen LogP contribution >= 0.6 is 0 Å². The van der Waals surface area contributed by atoms with Gasteiger partial charge in [-0.1, -0.05) is 50.1 Å². The number of aromatic nitrogens is 2. The number of benzene rings is 1. The van der Waals surface area contributed by atoms with Gasteiger partial charge in [-0.3, -0.25) is 4.79 Å². The Morgan fingerprint density at radius 3 is 2.59 bits per heavy atom. The number of hydrogen-bond donors (Lipinski definition) is 3. The zero-order valence-corrected chi connectivity index (χ0v) is 19.3. The Morgan fingerprint density at radius 1 is 1.12 bits per heavy atom. The van der Waals surface area contributed by atoms with E-state index in [4.69, 9.17) is 10.2 Å². The Balaban J connectivity index is 1.46. The Morgan fingerprint density at radius 2 is 1.88 bits per heavy atom. The third kappa shape index (κ3) is 5.56. The number of carbonyl (C=O) groups excluding carboxylic acids is 1. The first kappa shape index (κ1) is 22.9. The fraction of sp³-hybridized carbons (Fsp3) is 0.640. The van der Waals surface area contributed by atoms with Gasteiger partial charge in [0.05, 0.1) is 5.54 Å². The van der Waals surface area contributed by atoms with Crippen molar-refractivity contribution in [3.05, 3.63) is 47.7 Å². The molecule has 3 unspecified atom stereocenters. The molecule has 7 heteroatoms. The van der Waals surface area contributed by atoms with E-state index in [-0.39, 0.29) is 23.8 Å². The number of nitrogens with zero attached hydrogens (tertiary/aromatic N) is 2. The summed E-state index contributed by atoms with van der Waals surface area (Å²) in [6.45, 7) is 4.91. The minimum Gasteiger partial charge on any atom is -0.423 e. The van der Waals surface area contributed by atoms with Crippen LogP contribution in [0.4, 0.5) is 0 Å². The predicted molar refractivity (Wildman–Crippen MR) is 124 cm³/mol. The van der Waals surface area contributed by atoms with Crippen LogP contribution < -0.4 is 16.4 Å². The summed E-state index contributed by atoms with van der Waals surface area (Å²) in [5.41, 5.74) is 6.96. The van der Waals surface area contributed by atoms with Gasteiger partial charge in [0, 0.05) is 23.9 Å². The van der Waals surface area contributed by atoms with Crippen molar-refractivity contribution in [2.24, 2.45) is 11.7 Å². The highest BCUT2D eigenvalue weighted by molar-refractivity contribution is 5.79. The second-order valence-electron chi connectivity index (χ2n) is 9.87. The summed E-state index contributed by atoms with van der Waals surface area (Å²) in [5.74, 6) is 1.25. The van der Waals surface area contributed by atoms with Gasteiger partial charge in [-0.2, -0.15) is 0 Å². The summed E-state index contributed by atoms with van der Waals surface area (Å²) in [6.07, 6.45) is 7.72. The van der Waals surface area contributed by atoms with Crippen molar-refractivity contribution in [1.82, 2.24) is 20.8 Å². The van der Waals surface area contributed by atoms with Gasteiger partial charge in [-0.05, 0) is 57.6 Å². The van der Waals surface area contributed by atoms with Crippen molar-refractivity contribution in [1.29, 1.82) is 0 Å². The minimum absolute atomic E-state index is 0.0395. The lowest BCUT2D eigenvalue weighted by atomic mass is 9.77. The number of rotatable bonds is 8. The minimum atomic E-state index is -0.748. The second-order valence-corrected chi connectivity index (χ2v) is 9.87. The van der Waals surface area contributed by atoms with E-state index in [0.29, 0.717) is 24.2 Å². The van der Waals surface area contributed by atoms with Gasteiger partial charge in [0.1, 0.15) is 0 Å². The average molecular weight is 440 g/mol. The van der Waals surface area contributed by atoms with Crippen LogP contribution in [0.1, 0.15) is 82.1 Å². The molecule has 0 bridgehead atoms. The average Bonchev–Trinajstić information content (AvgIpc) is 3.47. The summed E-state index contributed by atoms with van der Waals surface area (Å²) in [4.78, 5) is 13.0. The smallest absolute Gasteiger partial charge is 0.236 e. The van der Waals surface area contributed by atoms with Crippen molar-refractivity contribution < 1.29 is 9.21 Å². The molecule has 4 atom stereocenters. The Hall–Kier alpha value is -2.25. The summed E-state index contributed by atoms with van der Waals surface area (Å²) in [7, 11) is 0. The SMILES string of the molecule is CCNC1CC(C(=O)NC2CCCC2)CC(c2nnc([C@](C)(N)Cc3ccccc3)o2)C1. The maximum absolute atomic E-state index is 13.0. The van der Waals surface area contributed by atoms with Crippen LogP contribution in [0.2, 0.25) is 0 Å². The molecule has 1 amide bonds. The van der Waals surface area contributed by atoms with Crippen LogP contribution in [0.3, 0.4) is 0 Å². The van der Waals surface area contributed by atoms with Crippen LogP contribution in [0.25, 0.3) is 0 Å². The molecule has 4 rings (SSSR count). The van der Waals surface area contributed by atoms with E-state index in [0.717, 1.165) is 44.2 Å². The second kappa shape index (κ2) is 10.1. The lowest BCUT2D eigenvalue weighted by Crippen LogP contribution is -2.44. The Labute approximate surface area is 190 Å². The first-order valence-corrected chi connectivity index (χ1v) is 12.1. The lowest BCUT2D eigenvalue weighted by Gasteiger charge is -2.33. The van der Waals surface area contributed by atoms with Crippen molar-refractivity contribution in [2.45, 2.75) is 88.8 Å². The quantitative estimate of drug-likeness (QED) is 0.582. The highest BCUT2D eigenvalue weighted by atomic mass is 16.4. The van der Waals surface area contributed by atoms with E-state index < -0.39 is 5.54 Å². The van der Waals surface area contributed by atoms with Crippen molar-refractivity contribution in [2.75, 3.05) is 6.54 Å². The molecule has 0 saturated heterocycles. The molecule has 2 aliphatic rings. The molecule has 4 N–H and O–H groups in total. The van der Waals surface area contributed by atoms with Crippen molar-refractivity contribution in [3.63, 3.8) is 0 Å². The van der Waals surface area contributed by atoms with E-state index in [2.05, 4.69) is 39.9 Å². The summed E-state index contributed by atoms with van der Waals surface area (Å²) in [6, 6.07) is 10.7. The van der Waals surface area contributed by atoms with Gasteiger partial charge in [0.25, 0.3) is 0 Å². The molecule has 1 aromatic heterocycles. The van der Waals surface area contributed by atoms with Gasteiger partial charge in [-0.15, -0.1) is 10.2 Å². The Bertz CT molecular complexity index is 875. The predicted octanol–water partition coefficient (Wildman–Crippen LogP) is 3.41. The molecule has 1 aromatic carbocycles. The molecule has 1 heterocycles. The molecule has 174 valence electrons. The summed E-state index contributed by atoms with van der Waals surface area (Å²) in [5, 5.41) is 15.5. The van der Waals surface area contributed by atoms with Crippen molar-refractivity contribution >= 4 is 5.91 Å². The molecular weight excluding hydrogens is 402 g/mol. The number of nitrogens with one attached hydrogen (secondary N) is 2. The van der Waals surface area contributed by atoms with E-state index in [1.165, 1.54) is 12.8 Å². The van der Waals surface area contributed by atoms with Gasteiger partial charge in [0.15, 0.2) is 0 Å². The maximum atomic E-state index is 13.0. The first-order chi connectivity index (χ1) is 15.4. The number of hydrogen-bond acceptors (Lipinski definition) is 6. The van der Waals surface area contributed by atoms with E-state index in [9.17, 15) is 4.79 Å². The van der Waals surface area contributed by atoms with Crippen LogP contribution in [0, 0.1) is 5.92 Å². The van der Waals surface area contributed by atoms with E-state index in [1.54, 1.807) is 0 Å². The van der Waals surface area contributed by atoms with Crippen LogP contribution in [0.15, 0.2) is 34.7 Å². The number of carbonyl (C=O) groups is 1. The third-order valence-electron chi connectivity index (χ3n) is 6.96. The zero-order chi connectivity index (χ0) is 22.6. The largest absolute Gasteiger partial charge is 0.423 e. The summed E-state index contributed by atoms with van der Waals surface area (Å²) >= 11 is 0.